The molecule has 7 nitrogen and oxygen atoms in total. The fraction of sp³-hybridized carbons (Fsp3) is 0.591. The maximum Gasteiger partial charge on any atom is 0.410 e. The second-order valence-corrected chi connectivity index (χ2v) is 9.03. The maximum absolute atomic E-state index is 12.8. The highest BCUT2D eigenvalue weighted by Crippen LogP contribution is 2.26. The van der Waals surface area contributed by atoms with Crippen LogP contribution in [0.5, 0.6) is 0 Å². The zero-order valence-corrected chi connectivity index (χ0v) is 18.6. The van der Waals surface area contributed by atoms with Crippen LogP contribution >= 0.6 is 0 Å². The number of hydrogen-bond acceptors (Lipinski definition) is 6. The van der Waals surface area contributed by atoms with E-state index in [9.17, 15) is 14.4 Å². The lowest BCUT2D eigenvalue weighted by Gasteiger charge is -2.37. The van der Waals surface area contributed by atoms with Crippen LogP contribution in [0.2, 0.25) is 0 Å². The summed E-state index contributed by atoms with van der Waals surface area (Å²) in [4.78, 5) is 38.7. The van der Waals surface area contributed by atoms with Crippen LogP contribution in [0.15, 0.2) is 30.3 Å². The van der Waals surface area contributed by atoms with E-state index in [-0.39, 0.29) is 6.61 Å². The van der Waals surface area contributed by atoms with E-state index in [4.69, 9.17) is 14.2 Å². The van der Waals surface area contributed by atoms with Gasteiger partial charge < -0.3 is 14.2 Å². The molecule has 0 N–H and O–H groups in total. The molecule has 1 unspecified atom stereocenters. The first kappa shape index (κ1) is 24.5. The van der Waals surface area contributed by atoms with Gasteiger partial charge in [-0.3, -0.25) is 4.90 Å². The van der Waals surface area contributed by atoms with Crippen molar-refractivity contribution in [2.75, 3.05) is 7.05 Å². The van der Waals surface area contributed by atoms with Crippen molar-refractivity contribution in [2.24, 2.45) is 5.41 Å². The van der Waals surface area contributed by atoms with Gasteiger partial charge in [-0.2, -0.15) is 0 Å². The number of benzene rings is 1. The van der Waals surface area contributed by atoms with Gasteiger partial charge in [-0.05, 0) is 38.7 Å². The zero-order chi connectivity index (χ0) is 22.4. The monoisotopic (exact) mass is 407 g/mol. The van der Waals surface area contributed by atoms with Gasteiger partial charge in [0.1, 0.15) is 18.2 Å². The molecule has 0 bridgehead atoms. The Balaban J connectivity index is 2.79. The van der Waals surface area contributed by atoms with Crippen molar-refractivity contribution in [3.8, 4) is 0 Å². The summed E-state index contributed by atoms with van der Waals surface area (Å²) in [5.41, 5.74) is -0.514. The Morgan fingerprint density at radius 3 is 2.00 bits per heavy atom. The van der Waals surface area contributed by atoms with E-state index in [1.807, 2.05) is 30.3 Å². The smallest absolute Gasteiger partial charge is 0.410 e. The molecule has 0 heterocycles. The van der Waals surface area contributed by atoms with Gasteiger partial charge in [0, 0.05) is 7.05 Å². The van der Waals surface area contributed by atoms with Crippen molar-refractivity contribution in [2.45, 2.75) is 72.8 Å². The topological polar surface area (TPSA) is 82.1 Å². The van der Waals surface area contributed by atoms with E-state index in [1.165, 1.54) is 18.9 Å². The summed E-state index contributed by atoms with van der Waals surface area (Å²) in [7, 11) is 1.48. The SMILES string of the molecule is CC(OC(=O)[C@@H](N(C)C(=O)OC(C)(C)C)C(C)(C)C)C(=O)OCc1ccccc1. The number of carbonyl (C=O) groups excluding carboxylic acids is 3. The third-order valence-electron chi connectivity index (χ3n) is 3.96. The molecule has 162 valence electrons. The van der Waals surface area contributed by atoms with Crippen LogP contribution in [0.3, 0.4) is 0 Å². The average molecular weight is 408 g/mol. The Hall–Kier alpha value is -2.57. The Morgan fingerprint density at radius 2 is 1.52 bits per heavy atom. The molecule has 0 aliphatic carbocycles. The normalized spacial score (nSPS) is 13.8. The summed E-state index contributed by atoms with van der Waals surface area (Å²) in [6, 6.07) is 8.26. The quantitative estimate of drug-likeness (QED) is 0.525. The summed E-state index contributed by atoms with van der Waals surface area (Å²) in [5.74, 6) is -1.36. The molecule has 2 atom stereocenters. The second-order valence-electron chi connectivity index (χ2n) is 9.03. The maximum atomic E-state index is 12.8. The van der Waals surface area contributed by atoms with Gasteiger partial charge >= 0.3 is 18.0 Å². The van der Waals surface area contributed by atoms with Gasteiger partial charge in [0.05, 0.1) is 0 Å². The number of nitrogens with zero attached hydrogens (tertiary/aromatic N) is 1. The summed E-state index contributed by atoms with van der Waals surface area (Å²) >= 11 is 0. The molecule has 0 aliphatic rings. The zero-order valence-electron chi connectivity index (χ0n) is 18.6. The standard InChI is InChI=1S/C22H33NO6/c1-15(18(24)27-14-16-12-10-9-11-13-16)28-19(25)17(21(2,3)4)23(8)20(26)29-22(5,6)7/h9-13,15,17H,14H2,1-8H3/t15?,17-/m1/s1. The minimum Gasteiger partial charge on any atom is -0.458 e. The molecule has 29 heavy (non-hydrogen) atoms. The van der Waals surface area contributed by atoms with Crippen molar-refractivity contribution in [3.05, 3.63) is 35.9 Å². The minimum atomic E-state index is -1.11. The van der Waals surface area contributed by atoms with Gasteiger partial charge in [0.2, 0.25) is 0 Å². The largest absolute Gasteiger partial charge is 0.458 e. The van der Waals surface area contributed by atoms with Crippen LogP contribution < -0.4 is 0 Å². The van der Waals surface area contributed by atoms with Crippen molar-refractivity contribution in [1.82, 2.24) is 4.90 Å². The molecule has 0 saturated heterocycles. The van der Waals surface area contributed by atoms with Crippen LogP contribution in [-0.2, 0) is 30.4 Å². The molecular weight excluding hydrogens is 374 g/mol. The van der Waals surface area contributed by atoms with Gasteiger partial charge in [0.25, 0.3) is 0 Å². The summed E-state index contributed by atoms with van der Waals surface area (Å²) < 4.78 is 15.9. The third-order valence-corrected chi connectivity index (χ3v) is 3.96. The molecule has 0 aliphatic heterocycles. The number of ether oxygens (including phenoxy) is 3. The lowest BCUT2D eigenvalue weighted by molar-refractivity contribution is -0.172. The van der Waals surface area contributed by atoms with Crippen molar-refractivity contribution in [3.63, 3.8) is 0 Å². The highest BCUT2D eigenvalue weighted by molar-refractivity contribution is 5.85. The molecular formula is C22H33NO6. The van der Waals surface area contributed by atoms with E-state index in [1.54, 1.807) is 41.5 Å². The average Bonchev–Trinajstić information content (AvgIpc) is 2.57. The Kier molecular flexibility index (Phi) is 8.24. The minimum absolute atomic E-state index is 0.0854. The van der Waals surface area contributed by atoms with Gasteiger partial charge in [-0.1, -0.05) is 51.1 Å². The molecule has 1 rings (SSSR count). The molecule has 0 spiro atoms. The third kappa shape index (κ3) is 8.13. The van der Waals surface area contributed by atoms with Gasteiger partial charge in [-0.25, -0.2) is 14.4 Å². The van der Waals surface area contributed by atoms with E-state index < -0.39 is 41.2 Å². The molecule has 1 amide bonds. The van der Waals surface area contributed by atoms with Crippen LogP contribution in [0.4, 0.5) is 4.79 Å². The fourth-order valence-corrected chi connectivity index (χ4v) is 2.66. The number of amides is 1. The van der Waals surface area contributed by atoms with Gasteiger partial charge in [0.15, 0.2) is 6.10 Å². The predicted octanol–water partition coefficient (Wildman–Crippen LogP) is 3.94. The first-order chi connectivity index (χ1) is 13.2. The Morgan fingerprint density at radius 1 is 0.966 bits per heavy atom. The molecule has 0 fully saturated rings. The number of likely N-dealkylation sites (N-methyl/N-ethyl adjacent to an activating group) is 1. The Bertz CT molecular complexity index is 702. The number of esters is 2. The summed E-state index contributed by atoms with van der Waals surface area (Å²) in [6.07, 6.45) is -1.75. The first-order valence-electron chi connectivity index (χ1n) is 9.59. The van der Waals surface area contributed by atoms with Crippen molar-refractivity contribution < 1.29 is 28.6 Å². The van der Waals surface area contributed by atoms with Crippen molar-refractivity contribution >= 4 is 18.0 Å². The van der Waals surface area contributed by atoms with E-state index >= 15 is 0 Å². The molecule has 7 heteroatoms. The molecule has 0 aromatic heterocycles. The highest BCUT2D eigenvalue weighted by atomic mass is 16.6. The van der Waals surface area contributed by atoms with Crippen molar-refractivity contribution in [1.29, 1.82) is 0 Å². The number of carbonyl (C=O) groups is 3. The lowest BCUT2D eigenvalue weighted by atomic mass is 9.86. The first-order valence-corrected chi connectivity index (χ1v) is 9.59. The van der Waals surface area contributed by atoms with E-state index in [0.717, 1.165) is 5.56 Å². The summed E-state index contributed by atoms with van der Waals surface area (Å²) in [5, 5.41) is 0. The molecule has 0 saturated carbocycles. The molecule has 1 aromatic carbocycles. The Labute approximate surface area is 173 Å². The van der Waals surface area contributed by atoms with E-state index in [0.29, 0.717) is 0 Å². The van der Waals surface area contributed by atoms with Crippen LogP contribution in [0.25, 0.3) is 0 Å². The number of rotatable bonds is 6. The van der Waals surface area contributed by atoms with E-state index in [2.05, 4.69) is 0 Å². The molecule has 1 aromatic rings. The number of hydrogen-bond donors (Lipinski definition) is 0. The lowest BCUT2D eigenvalue weighted by Crippen LogP contribution is -2.52. The van der Waals surface area contributed by atoms with Crippen LogP contribution in [0, 0.1) is 5.41 Å². The predicted molar refractivity (Wildman–Crippen MR) is 109 cm³/mol. The second kappa shape index (κ2) is 9.76. The van der Waals surface area contributed by atoms with Crippen LogP contribution in [-0.4, -0.2) is 47.7 Å². The van der Waals surface area contributed by atoms with Gasteiger partial charge in [-0.15, -0.1) is 0 Å². The van der Waals surface area contributed by atoms with Crippen LogP contribution in [0.1, 0.15) is 54.0 Å². The fourth-order valence-electron chi connectivity index (χ4n) is 2.66. The summed E-state index contributed by atoms with van der Waals surface area (Å²) in [6.45, 7) is 12.2. The molecule has 0 radical (unpaired) electrons. The highest BCUT2D eigenvalue weighted by Gasteiger charge is 2.41.